The van der Waals surface area contributed by atoms with Gasteiger partial charge in [0.25, 0.3) is 0 Å². The number of benzene rings is 1. The Morgan fingerprint density at radius 3 is 2.53 bits per heavy atom. The highest BCUT2D eigenvalue weighted by Crippen LogP contribution is 2.26. The second-order valence-corrected chi connectivity index (χ2v) is 4.63. The van der Waals surface area contributed by atoms with Crippen molar-refractivity contribution in [3.8, 4) is 0 Å². The van der Waals surface area contributed by atoms with E-state index in [9.17, 15) is 8.42 Å². The zero-order valence-electron chi connectivity index (χ0n) is 8.77. The molecule has 84 valence electrons. The van der Waals surface area contributed by atoms with Crippen molar-refractivity contribution in [1.82, 2.24) is 0 Å². The summed E-state index contributed by atoms with van der Waals surface area (Å²) in [4.78, 5) is 0. The van der Waals surface area contributed by atoms with Crippen molar-refractivity contribution in [2.75, 3.05) is 4.72 Å². The van der Waals surface area contributed by atoms with Gasteiger partial charge in [0.15, 0.2) is 0 Å². The Labute approximate surface area is 90.2 Å². The van der Waals surface area contributed by atoms with Gasteiger partial charge >= 0.3 is 10.3 Å². The van der Waals surface area contributed by atoms with Crippen LogP contribution in [0.5, 0.6) is 0 Å². The number of nitrogens with one attached hydrogen (secondary N) is 1. The molecule has 1 aromatic carbocycles. The Bertz CT molecular complexity index is 428. The third-order valence-corrected chi connectivity index (χ3v) is 2.82. The fourth-order valence-corrected chi connectivity index (χ4v) is 1.84. The molecule has 0 amide bonds. The number of para-hydroxylation sites is 1. The zero-order valence-corrected chi connectivity index (χ0v) is 9.58. The maximum atomic E-state index is 10.7. The van der Waals surface area contributed by atoms with Crippen LogP contribution in [0.2, 0.25) is 0 Å². The number of hydrogen-bond acceptors (Lipinski definition) is 2. The van der Waals surface area contributed by atoms with Crippen molar-refractivity contribution in [1.29, 1.82) is 0 Å². The van der Waals surface area contributed by atoms with Crippen LogP contribution < -0.4 is 4.72 Å². The average Bonchev–Trinajstić information content (AvgIpc) is 2.15. The molecule has 1 aromatic rings. The molecule has 0 aliphatic carbocycles. The Morgan fingerprint density at radius 1 is 1.40 bits per heavy atom. The zero-order chi connectivity index (χ0) is 11.5. The van der Waals surface area contributed by atoms with Gasteiger partial charge < -0.3 is 0 Å². The summed E-state index contributed by atoms with van der Waals surface area (Å²) in [5.74, 6) is 0.246. The van der Waals surface area contributed by atoms with Gasteiger partial charge in [-0.15, -0.1) is 0 Å². The van der Waals surface area contributed by atoms with Crippen molar-refractivity contribution < 1.29 is 13.0 Å². The molecule has 0 aromatic heterocycles. The third-order valence-electron chi connectivity index (χ3n) is 2.34. The molecular weight excluding hydrogens is 214 g/mol. The lowest BCUT2D eigenvalue weighted by Gasteiger charge is -2.14. The summed E-state index contributed by atoms with van der Waals surface area (Å²) >= 11 is 0. The van der Waals surface area contributed by atoms with Crippen LogP contribution in [-0.2, 0) is 10.3 Å². The molecule has 1 atom stereocenters. The van der Waals surface area contributed by atoms with E-state index in [1.165, 1.54) is 0 Å². The van der Waals surface area contributed by atoms with Crippen LogP contribution in [0.25, 0.3) is 0 Å². The predicted octanol–water partition coefficient (Wildman–Crippen LogP) is 2.41. The van der Waals surface area contributed by atoms with Gasteiger partial charge in [-0.05, 0) is 24.0 Å². The molecule has 0 aliphatic heterocycles. The van der Waals surface area contributed by atoms with E-state index >= 15 is 0 Å². The van der Waals surface area contributed by atoms with E-state index in [2.05, 4.69) is 4.72 Å². The summed E-state index contributed by atoms with van der Waals surface area (Å²) in [6.45, 7) is 4.03. The van der Waals surface area contributed by atoms with Crippen LogP contribution in [0, 0.1) is 0 Å². The van der Waals surface area contributed by atoms with Crippen LogP contribution in [0.4, 0.5) is 5.69 Å². The van der Waals surface area contributed by atoms with E-state index in [1.807, 2.05) is 26.0 Å². The van der Waals surface area contributed by atoms with Gasteiger partial charge in [-0.3, -0.25) is 9.27 Å². The highest BCUT2D eigenvalue weighted by atomic mass is 32.2. The lowest BCUT2D eigenvalue weighted by atomic mass is 9.97. The molecule has 1 unspecified atom stereocenters. The predicted molar refractivity (Wildman–Crippen MR) is 60.3 cm³/mol. The number of rotatable bonds is 4. The molecule has 4 nitrogen and oxygen atoms in total. The van der Waals surface area contributed by atoms with Gasteiger partial charge in [-0.25, -0.2) is 0 Å². The van der Waals surface area contributed by atoms with Gasteiger partial charge in [0.1, 0.15) is 0 Å². The van der Waals surface area contributed by atoms with Crippen LogP contribution in [0.15, 0.2) is 24.3 Å². The van der Waals surface area contributed by atoms with Crippen molar-refractivity contribution in [3.63, 3.8) is 0 Å². The summed E-state index contributed by atoms with van der Waals surface area (Å²) in [7, 11) is -4.19. The standard InChI is InChI=1S/C10H15NO3S/c1-3-8(2)9-6-4-5-7-10(9)11-15(12,13)14/h4-8,11H,3H2,1-2H3,(H,12,13,14). The second kappa shape index (κ2) is 4.63. The van der Waals surface area contributed by atoms with Crippen molar-refractivity contribution >= 4 is 16.0 Å². The number of hydrogen-bond donors (Lipinski definition) is 2. The first-order chi connectivity index (χ1) is 6.94. The van der Waals surface area contributed by atoms with E-state index < -0.39 is 10.3 Å². The van der Waals surface area contributed by atoms with Crippen LogP contribution >= 0.6 is 0 Å². The molecule has 15 heavy (non-hydrogen) atoms. The van der Waals surface area contributed by atoms with Crippen LogP contribution in [0.3, 0.4) is 0 Å². The minimum absolute atomic E-state index is 0.246. The smallest absolute Gasteiger partial charge is 0.269 e. The van der Waals surface area contributed by atoms with Crippen LogP contribution in [-0.4, -0.2) is 13.0 Å². The largest absolute Gasteiger partial charge is 0.357 e. The Kier molecular flexibility index (Phi) is 3.71. The van der Waals surface area contributed by atoms with E-state index in [4.69, 9.17) is 4.55 Å². The molecule has 0 radical (unpaired) electrons. The fraction of sp³-hybridized carbons (Fsp3) is 0.400. The normalized spacial score (nSPS) is 13.5. The average molecular weight is 229 g/mol. The molecule has 0 heterocycles. The summed E-state index contributed by atoms with van der Waals surface area (Å²) in [5, 5.41) is 0. The maximum Gasteiger partial charge on any atom is 0.357 e. The monoisotopic (exact) mass is 229 g/mol. The topological polar surface area (TPSA) is 66.4 Å². The first-order valence-electron chi connectivity index (χ1n) is 4.78. The summed E-state index contributed by atoms with van der Waals surface area (Å²) < 4.78 is 32.2. The SMILES string of the molecule is CCC(C)c1ccccc1NS(=O)(=O)O. The van der Waals surface area contributed by atoms with Gasteiger partial charge in [0, 0.05) is 0 Å². The molecule has 1 rings (SSSR count). The molecule has 0 fully saturated rings. The summed E-state index contributed by atoms with van der Waals surface area (Å²) in [5.41, 5.74) is 1.33. The molecule has 0 aliphatic rings. The highest BCUT2D eigenvalue weighted by molar-refractivity contribution is 7.87. The van der Waals surface area contributed by atoms with E-state index in [1.54, 1.807) is 12.1 Å². The van der Waals surface area contributed by atoms with Gasteiger partial charge in [0.05, 0.1) is 5.69 Å². The summed E-state index contributed by atoms with van der Waals surface area (Å²) in [6, 6.07) is 7.05. The van der Waals surface area contributed by atoms with E-state index in [0.29, 0.717) is 5.69 Å². The Hall–Kier alpha value is -1.07. The summed E-state index contributed by atoms with van der Waals surface area (Å²) in [6.07, 6.45) is 0.907. The quantitative estimate of drug-likeness (QED) is 0.779. The molecule has 2 N–H and O–H groups in total. The minimum atomic E-state index is -4.19. The Morgan fingerprint density at radius 2 is 2.00 bits per heavy atom. The van der Waals surface area contributed by atoms with E-state index in [-0.39, 0.29) is 5.92 Å². The fourth-order valence-electron chi connectivity index (χ4n) is 1.38. The van der Waals surface area contributed by atoms with Crippen molar-refractivity contribution in [2.45, 2.75) is 26.2 Å². The van der Waals surface area contributed by atoms with Gasteiger partial charge in [-0.1, -0.05) is 32.0 Å². The first-order valence-corrected chi connectivity index (χ1v) is 6.22. The molecule has 5 heteroatoms. The first kappa shape index (κ1) is 12.0. The highest BCUT2D eigenvalue weighted by Gasteiger charge is 2.11. The third kappa shape index (κ3) is 3.53. The van der Waals surface area contributed by atoms with Crippen LogP contribution in [0.1, 0.15) is 31.7 Å². The second-order valence-electron chi connectivity index (χ2n) is 3.47. The van der Waals surface area contributed by atoms with Gasteiger partial charge in [0.2, 0.25) is 0 Å². The number of anilines is 1. The maximum absolute atomic E-state index is 10.7. The Balaban J connectivity index is 3.07. The van der Waals surface area contributed by atoms with Crippen molar-refractivity contribution in [3.05, 3.63) is 29.8 Å². The molecular formula is C10H15NO3S. The molecule has 0 saturated heterocycles. The molecule has 0 bridgehead atoms. The molecule has 0 spiro atoms. The van der Waals surface area contributed by atoms with Crippen molar-refractivity contribution in [2.24, 2.45) is 0 Å². The minimum Gasteiger partial charge on any atom is -0.269 e. The molecule has 0 saturated carbocycles. The lowest BCUT2D eigenvalue weighted by molar-refractivity contribution is 0.489. The van der Waals surface area contributed by atoms with Gasteiger partial charge in [-0.2, -0.15) is 8.42 Å². The lowest BCUT2D eigenvalue weighted by Crippen LogP contribution is -2.12. The van der Waals surface area contributed by atoms with E-state index in [0.717, 1.165) is 12.0 Å².